The molecule has 0 radical (unpaired) electrons. The first-order valence-electron chi connectivity index (χ1n) is 6.67. The molecule has 0 saturated carbocycles. The van der Waals surface area contributed by atoms with Gasteiger partial charge in [-0.2, -0.15) is 0 Å². The van der Waals surface area contributed by atoms with E-state index < -0.39 is 0 Å². The van der Waals surface area contributed by atoms with Crippen molar-refractivity contribution in [3.63, 3.8) is 0 Å². The normalized spacial score (nSPS) is 12.5. The zero-order valence-electron chi connectivity index (χ0n) is 11.3. The Kier molecular flexibility index (Phi) is 3.99. The number of pyridine rings is 1. The van der Waals surface area contributed by atoms with Gasteiger partial charge in [0, 0.05) is 22.1 Å². The Bertz CT molecular complexity index is 763. The lowest BCUT2D eigenvalue weighted by Gasteiger charge is -2.15. The van der Waals surface area contributed by atoms with Crippen LogP contribution in [0.15, 0.2) is 59.2 Å². The predicted octanol–water partition coefficient (Wildman–Crippen LogP) is 4.38. The van der Waals surface area contributed by atoms with Gasteiger partial charge in [-0.1, -0.05) is 34.1 Å². The molecule has 3 aromatic rings. The maximum absolute atomic E-state index is 13.5. The van der Waals surface area contributed by atoms with Crippen molar-refractivity contribution in [3.05, 3.63) is 76.1 Å². The molecule has 1 atom stereocenters. The van der Waals surface area contributed by atoms with Crippen molar-refractivity contribution in [3.8, 4) is 0 Å². The van der Waals surface area contributed by atoms with Crippen LogP contribution < -0.4 is 5.73 Å². The minimum Gasteiger partial charge on any atom is -0.324 e. The molecular weight excluding hydrogens is 331 g/mol. The standard InChI is InChI=1S/C17H14BrFN2/c18-12-7-11(8-13(19)10-12)9-16(20)14-3-1-5-17-15(14)4-2-6-21-17/h1-8,10,16H,9,20H2. The lowest BCUT2D eigenvalue weighted by molar-refractivity contribution is 0.621. The van der Waals surface area contributed by atoms with E-state index in [0.29, 0.717) is 6.42 Å². The zero-order valence-corrected chi connectivity index (χ0v) is 12.8. The molecular formula is C17H14BrFN2. The molecule has 1 aromatic heterocycles. The number of nitrogens with two attached hydrogens (primary N) is 1. The molecule has 1 unspecified atom stereocenters. The van der Waals surface area contributed by atoms with Gasteiger partial charge in [-0.3, -0.25) is 4.98 Å². The van der Waals surface area contributed by atoms with Crippen LogP contribution in [0.2, 0.25) is 0 Å². The van der Waals surface area contributed by atoms with E-state index in [-0.39, 0.29) is 11.9 Å². The number of hydrogen-bond acceptors (Lipinski definition) is 2. The fraction of sp³-hybridized carbons (Fsp3) is 0.118. The highest BCUT2D eigenvalue weighted by molar-refractivity contribution is 9.10. The molecule has 3 rings (SSSR count). The van der Waals surface area contributed by atoms with Gasteiger partial charge in [0.25, 0.3) is 0 Å². The number of nitrogens with zero attached hydrogens (tertiary/aromatic N) is 1. The van der Waals surface area contributed by atoms with Crippen LogP contribution in [0, 0.1) is 5.82 Å². The molecule has 2 aromatic carbocycles. The second kappa shape index (κ2) is 5.92. The summed E-state index contributed by atoms with van der Waals surface area (Å²) >= 11 is 3.31. The van der Waals surface area contributed by atoms with Crippen molar-refractivity contribution in [1.29, 1.82) is 0 Å². The molecule has 2 N–H and O–H groups in total. The Morgan fingerprint density at radius 1 is 1.14 bits per heavy atom. The van der Waals surface area contributed by atoms with E-state index >= 15 is 0 Å². The van der Waals surface area contributed by atoms with Crippen molar-refractivity contribution < 1.29 is 4.39 Å². The first kappa shape index (κ1) is 14.2. The smallest absolute Gasteiger partial charge is 0.124 e. The van der Waals surface area contributed by atoms with Gasteiger partial charge >= 0.3 is 0 Å². The highest BCUT2D eigenvalue weighted by atomic mass is 79.9. The van der Waals surface area contributed by atoms with Gasteiger partial charge in [-0.25, -0.2) is 4.39 Å². The zero-order chi connectivity index (χ0) is 14.8. The highest BCUT2D eigenvalue weighted by Gasteiger charge is 2.12. The van der Waals surface area contributed by atoms with Gasteiger partial charge in [0.2, 0.25) is 0 Å². The molecule has 1 heterocycles. The average Bonchev–Trinajstić information content (AvgIpc) is 2.45. The Hall–Kier alpha value is -1.78. The molecule has 0 bridgehead atoms. The molecule has 0 fully saturated rings. The molecule has 0 aliphatic carbocycles. The Labute approximate surface area is 130 Å². The topological polar surface area (TPSA) is 38.9 Å². The second-order valence-electron chi connectivity index (χ2n) is 5.01. The van der Waals surface area contributed by atoms with Crippen LogP contribution >= 0.6 is 15.9 Å². The van der Waals surface area contributed by atoms with Crippen LogP contribution in [-0.2, 0) is 6.42 Å². The maximum Gasteiger partial charge on any atom is 0.124 e. The first-order valence-corrected chi connectivity index (χ1v) is 7.47. The Balaban J connectivity index is 1.95. The van der Waals surface area contributed by atoms with Gasteiger partial charge in [-0.15, -0.1) is 0 Å². The summed E-state index contributed by atoms with van der Waals surface area (Å²) in [7, 11) is 0. The number of aromatic nitrogens is 1. The fourth-order valence-electron chi connectivity index (χ4n) is 2.54. The summed E-state index contributed by atoms with van der Waals surface area (Å²) in [6.45, 7) is 0. The van der Waals surface area contributed by atoms with E-state index in [1.165, 1.54) is 12.1 Å². The van der Waals surface area contributed by atoms with Crippen molar-refractivity contribution in [2.75, 3.05) is 0 Å². The Morgan fingerprint density at radius 2 is 2.00 bits per heavy atom. The molecule has 0 saturated heterocycles. The van der Waals surface area contributed by atoms with E-state index in [1.807, 2.05) is 36.4 Å². The minimum absolute atomic E-state index is 0.202. The lowest BCUT2D eigenvalue weighted by Crippen LogP contribution is -2.14. The largest absolute Gasteiger partial charge is 0.324 e. The molecule has 106 valence electrons. The molecule has 2 nitrogen and oxygen atoms in total. The molecule has 0 aliphatic heterocycles. The first-order chi connectivity index (χ1) is 10.1. The summed E-state index contributed by atoms with van der Waals surface area (Å²) in [6.07, 6.45) is 2.34. The van der Waals surface area contributed by atoms with Crippen molar-refractivity contribution in [1.82, 2.24) is 4.98 Å². The third kappa shape index (κ3) is 3.12. The summed E-state index contributed by atoms with van der Waals surface area (Å²) in [6, 6.07) is 14.5. The fourth-order valence-corrected chi connectivity index (χ4v) is 3.06. The highest BCUT2D eigenvalue weighted by Crippen LogP contribution is 2.25. The van der Waals surface area contributed by atoms with Crippen LogP contribution in [0.25, 0.3) is 10.9 Å². The molecule has 21 heavy (non-hydrogen) atoms. The van der Waals surface area contributed by atoms with Crippen LogP contribution in [0.1, 0.15) is 17.2 Å². The molecule has 0 spiro atoms. The van der Waals surface area contributed by atoms with Gasteiger partial charge < -0.3 is 5.73 Å². The van der Waals surface area contributed by atoms with E-state index in [9.17, 15) is 4.39 Å². The molecule has 0 aliphatic rings. The number of rotatable bonds is 3. The number of benzene rings is 2. The summed E-state index contributed by atoms with van der Waals surface area (Å²) in [5, 5.41) is 1.04. The lowest BCUT2D eigenvalue weighted by atomic mass is 9.96. The number of fused-ring (bicyclic) bond motifs is 1. The minimum atomic E-state index is -0.258. The van der Waals surface area contributed by atoms with E-state index in [1.54, 1.807) is 6.20 Å². The SMILES string of the molecule is NC(Cc1cc(F)cc(Br)c1)c1cccc2ncccc12. The van der Waals surface area contributed by atoms with Gasteiger partial charge in [0.1, 0.15) is 5.82 Å². The summed E-state index contributed by atoms with van der Waals surface area (Å²) in [5.41, 5.74) is 9.15. The van der Waals surface area contributed by atoms with Gasteiger partial charge in [0.05, 0.1) is 5.52 Å². The third-order valence-corrected chi connectivity index (χ3v) is 3.91. The van der Waals surface area contributed by atoms with E-state index in [2.05, 4.69) is 20.9 Å². The van der Waals surface area contributed by atoms with Crippen molar-refractivity contribution in [2.45, 2.75) is 12.5 Å². The van der Waals surface area contributed by atoms with Crippen LogP contribution in [0.5, 0.6) is 0 Å². The van der Waals surface area contributed by atoms with E-state index in [4.69, 9.17) is 5.73 Å². The Morgan fingerprint density at radius 3 is 2.81 bits per heavy atom. The van der Waals surface area contributed by atoms with Gasteiger partial charge in [-0.05, 0) is 47.9 Å². The number of hydrogen-bond donors (Lipinski definition) is 1. The monoisotopic (exact) mass is 344 g/mol. The molecule has 0 amide bonds. The predicted molar refractivity (Wildman–Crippen MR) is 86.5 cm³/mol. The third-order valence-electron chi connectivity index (χ3n) is 3.46. The van der Waals surface area contributed by atoms with Gasteiger partial charge in [0.15, 0.2) is 0 Å². The number of halogens is 2. The van der Waals surface area contributed by atoms with Crippen LogP contribution in [0.4, 0.5) is 4.39 Å². The molecule has 4 heteroatoms. The van der Waals surface area contributed by atoms with Crippen LogP contribution in [0.3, 0.4) is 0 Å². The maximum atomic E-state index is 13.5. The van der Waals surface area contributed by atoms with Crippen LogP contribution in [-0.4, -0.2) is 4.98 Å². The van der Waals surface area contributed by atoms with Crippen molar-refractivity contribution >= 4 is 26.8 Å². The summed E-state index contributed by atoms with van der Waals surface area (Å²) < 4.78 is 14.2. The van der Waals surface area contributed by atoms with E-state index in [0.717, 1.165) is 26.5 Å². The summed E-state index contributed by atoms with van der Waals surface area (Å²) in [4.78, 5) is 4.34. The second-order valence-corrected chi connectivity index (χ2v) is 5.92. The quantitative estimate of drug-likeness (QED) is 0.765. The summed E-state index contributed by atoms with van der Waals surface area (Å²) in [5.74, 6) is -0.258. The van der Waals surface area contributed by atoms with Crippen molar-refractivity contribution in [2.24, 2.45) is 5.73 Å². The average molecular weight is 345 g/mol.